The molecule has 2 aromatic rings. The Hall–Kier alpha value is -3.07. The molecule has 2 saturated heterocycles. The molecule has 0 radical (unpaired) electrons. The molecule has 2 heterocycles. The van der Waals surface area contributed by atoms with Crippen LogP contribution in [-0.2, 0) is 9.53 Å². The molecule has 6 nitrogen and oxygen atoms in total. The molecular formula is C25H27F3N2O4. The Bertz CT molecular complexity index is 1030. The number of hydrogen-bond donors (Lipinski definition) is 0. The van der Waals surface area contributed by atoms with Crippen LogP contribution in [0.2, 0.25) is 0 Å². The monoisotopic (exact) mass is 476 g/mol. The van der Waals surface area contributed by atoms with Crippen LogP contribution < -0.4 is 4.74 Å². The highest BCUT2D eigenvalue weighted by atomic mass is 19.1. The van der Waals surface area contributed by atoms with Gasteiger partial charge in [0.05, 0.1) is 25.4 Å². The van der Waals surface area contributed by atoms with Gasteiger partial charge in [-0.3, -0.25) is 9.59 Å². The highest BCUT2D eigenvalue weighted by Crippen LogP contribution is 2.36. The van der Waals surface area contributed by atoms with Crippen molar-refractivity contribution in [2.45, 2.75) is 19.3 Å². The Balaban J connectivity index is 1.54. The molecule has 34 heavy (non-hydrogen) atoms. The molecule has 0 N–H and O–H groups in total. The van der Waals surface area contributed by atoms with Crippen LogP contribution in [0, 0.1) is 22.9 Å². The third kappa shape index (κ3) is 5.70. The summed E-state index contributed by atoms with van der Waals surface area (Å²) in [7, 11) is 0. The summed E-state index contributed by atoms with van der Waals surface area (Å²) >= 11 is 0. The van der Waals surface area contributed by atoms with Gasteiger partial charge in [-0.2, -0.15) is 0 Å². The molecule has 0 unspecified atom stereocenters. The highest BCUT2D eigenvalue weighted by Gasteiger charge is 2.41. The van der Waals surface area contributed by atoms with E-state index in [1.807, 2.05) is 0 Å². The fraction of sp³-hybridized carbons (Fsp3) is 0.440. The number of likely N-dealkylation sites (tertiary alicyclic amines) is 1. The number of carbonyl (C=O) groups is 2. The number of hydrogen-bond acceptors (Lipinski definition) is 4. The summed E-state index contributed by atoms with van der Waals surface area (Å²) in [5.74, 6) is -2.23. The van der Waals surface area contributed by atoms with Crippen molar-refractivity contribution in [3.05, 3.63) is 65.5 Å². The van der Waals surface area contributed by atoms with Crippen molar-refractivity contribution in [3.63, 3.8) is 0 Å². The van der Waals surface area contributed by atoms with Crippen LogP contribution in [-0.4, -0.2) is 67.6 Å². The lowest BCUT2D eigenvalue weighted by Crippen LogP contribution is -2.52. The minimum Gasteiger partial charge on any atom is -0.493 e. The summed E-state index contributed by atoms with van der Waals surface area (Å²) in [6.07, 6.45) is 1.36. The normalized spacial score (nSPS) is 20.8. The molecule has 0 aromatic heterocycles. The van der Waals surface area contributed by atoms with Gasteiger partial charge in [0.2, 0.25) is 5.91 Å². The number of morpholine rings is 1. The molecule has 2 amide bonds. The Morgan fingerprint density at radius 3 is 2.35 bits per heavy atom. The molecule has 2 fully saturated rings. The van der Waals surface area contributed by atoms with Crippen LogP contribution in [0.4, 0.5) is 13.2 Å². The summed E-state index contributed by atoms with van der Waals surface area (Å²) in [6.45, 7) is 2.64. The van der Waals surface area contributed by atoms with Crippen LogP contribution in [0.5, 0.6) is 5.75 Å². The molecule has 9 heteroatoms. The second-order valence-corrected chi connectivity index (χ2v) is 8.87. The predicted molar refractivity (Wildman–Crippen MR) is 118 cm³/mol. The van der Waals surface area contributed by atoms with E-state index >= 15 is 0 Å². The van der Waals surface area contributed by atoms with E-state index in [1.54, 1.807) is 4.90 Å². The molecule has 0 spiro atoms. The van der Waals surface area contributed by atoms with E-state index in [1.165, 1.54) is 29.2 Å². The van der Waals surface area contributed by atoms with Gasteiger partial charge in [-0.05, 0) is 49.2 Å². The number of piperidine rings is 1. The van der Waals surface area contributed by atoms with Crippen LogP contribution in [0.3, 0.4) is 0 Å². The maximum absolute atomic E-state index is 14.3. The van der Waals surface area contributed by atoms with E-state index in [0.717, 1.165) is 12.1 Å². The van der Waals surface area contributed by atoms with Crippen molar-refractivity contribution >= 4 is 11.8 Å². The third-order valence-corrected chi connectivity index (χ3v) is 6.36. The molecule has 0 bridgehead atoms. The number of halogens is 3. The van der Waals surface area contributed by atoms with Crippen molar-refractivity contribution in [3.8, 4) is 5.75 Å². The van der Waals surface area contributed by atoms with Crippen molar-refractivity contribution in [1.29, 1.82) is 0 Å². The van der Waals surface area contributed by atoms with Crippen LogP contribution in [0.15, 0.2) is 42.5 Å². The topological polar surface area (TPSA) is 59.1 Å². The van der Waals surface area contributed by atoms with Crippen LogP contribution in [0.25, 0.3) is 0 Å². The smallest absolute Gasteiger partial charge is 0.256 e. The molecule has 4 rings (SSSR count). The van der Waals surface area contributed by atoms with Gasteiger partial charge in [0.1, 0.15) is 23.2 Å². The number of rotatable bonds is 6. The Morgan fingerprint density at radius 1 is 0.941 bits per heavy atom. The van der Waals surface area contributed by atoms with Crippen LogP contribution >= 0.6 is 0 Å². The first kappa shape index (κ1) is 24.1. The van der Waals surface area contributed by atoms with E-state index in [9.17, 15) is 22.8 Å². The first-order valence-corrected chi connectivity index (χ1v) is 11.3. The molecule has 1 atom stereocenters. The Morgan fingerprint density at radius 2 is 1.65 bits per heavy atom. The van der Waals surface area contributed by atoms with Gasteiger partial charge in [0, 0.05) is 44.1 Å². The van der Waals surface area contributed by atoms with Crippen molar-refractivity contribution in [2.24, 2.45) is 5.41 Å². The van der Waals surface area contributed by atoms with Gasteiger partial charge >= 0.3 is 0 Å². The second-order valence-electron chi connectivity index (χ2n) is 8.87. The van der Waals surface area contributed by atoms with E-state index < -0.39 is 23.0 Å². The zero-order valence-corrected chi connectivity index (χ0v) is 18.8. The number of ether oxygens (including phenoxy) is 2. The zero-order valence-electron chi connectivity index (χ0n) is 18.8. The molecular weight excluding hydrogens is 449 g/mol. The van der Waals surface area contributed by atoms with Crippen molar-refractivity contribution in [1.82, 2.24) is 9.80 Å². The standard InChI is InChI=1S/C25H27F3N2O4/c26-18-2-5-20(6-3-18)34-17-25(15-23(31)29-10-12-33-13-11-29)8-1-9-30(16-25)24(32)21-7-4-19(27)14-22(21)28/h2-7,14H,1,8-13,15-17H2/t25-/m0/s1. The zero-order chi connectivity index (χ0) is 24.1. The number of amides is 2. The third-order valence-electron chi connectivity index (χ3n) is 6.36. The fourth-order valence-electron chi connectivity index (χ4n) is 4.54. The van der Waals surface area contributed by atoms with Gasteiger partial charge < -0.3 is 19.3 Å². The summed E-state index contributed by atoms with van der Waals surface area (Å²) < 4.78 is 52.2. The van der Waals surface area contributed by atoms with Gasteiger partial charge in [0.25, 0.3) is 5.91 Å². The number of benzene rings is 2. The highest BCUT2D eigenvalue weighted by molar-refractivity contribution is 5.94. The van der Waals surface area contributed by atoms with Crippen molar-refractivity contribution in [2.75, 3.05) is 46.0 Å². The molecule has 2 aliphatic rings. The largest absolute Gasteiger partial charge is 0.493 e. The average molecular weight is 476 g/mol. The van der Waals surface area contributed by atoms with Crippen molar-refractivity contribution < 1.29 is 32.2 Å². The van der Waals surface area contributed by atoms with E-state index in [-0.39, 0.29) is 36.9 Å². The maximum Gasteiger partial charge on any atom is 0.256 e. The van der Waals surface area contributed by atoms with Gasteiger partial charge in [-0.15, -0.1) is 0 Å². The molecule has 2 aliphatic heterocycles. The Kier molecular flexibility index (Phi) is 7.41. The lowest BCUT2D eigenvalue weighted by Gasteiger charge is -2.43. The SMILES string of the molecule is O=C(C[C@@]1(COc2ccc(F)cc2)CCCN(C(=O)c2ccc(F)cc2F)C1)N1CCOCC1. The molecule has 182 valence electrons. The molecule has 0 aliphatic carbocycles. The van der Waals surface area contributed by atoms with Gasteiger partial charge in [-0.1, -0.05) is 0 Å². The van der Waals surface area contributed by atoms with E-state index in [2.05, 4.69) is 0 Å². The lowest BCUT2D eigenvalue weighted by atomic mass is 9.77. The number of nitrogens with zero attached hydrogens (tertiary/aromatic N) is 2. The second kappa shape index (κ2) is 10.5. The predicted octanol–water partition coefficient (Wildman–Crippen LogP) is 3.65. The first-order valence-electron chi connectivity index (χ1n) is 11.3. The summed E-state index contributed by atoms with van der Waals surface area (Å²) in [6, 6.07) is 8.46. The molecule has 0 saturated carbocycles. The van der Waals surface area contributed by atoms with Gasteiger partial charge in [-0.25, -0.2) is 13.2 Å². The maximum atomic E-state index is 14.3. The summed E-state index contributed by atoms with van der Waals surface area (Å²) in [4.78, 5) is 29.5. The van der Waals surface area contributed by atoms with E-state index in [4.69, 9.17) is 9.47 Å². The van der Waals surface area contributed by atoms with Gasteiger partial charge in [0.15, 0.2) is 0 Å². The first-order chi connectivity index (χ1) is 16.3. The van der Waals surface area contributed by atoms with E-state index in [0.29, 0.717) is 57.5 Å². The lowest BCUT2D eigenvalue weighted by molar-refractivity contribution is -0.139. The minimum atomic E-state index is -0.923. The average Bonchev–Trinajstić information content (AvgIpc) is 2.84. The van der Waals surface area contributed by atoms with Crippen LogP contribution in [0.1, 0.15) is 29.6 Å². The Labute approximate surface area is 196 Å². The molecule has 2 aromatic carbocycles. The summed E-state index contributed by atoms with van der Waals surface area (Å²) in [5, 5.41) is 0. The summed E-state index contributed by atoms with van der Waals surface area (Å²) in [5.41, 5.74) is -0.926. The fourth-order valence-corrected chi connectivity index (χ4v) is 4.54. The quantitative estimate of drug-likeness (QED) is 0.639. The number of carbonyl (C=O) groups excluding carboxylic acids is 2. The minimum absolute atomic E-state index is 0.0618.